The Labute approximate surface area is 176 Å². The van der Waals surface area contributed by atoms with Gasteiger partial charge < -0.3 is 10.8 Å². The van der Waals surface area contributed by atoms with Crippen LogP contribution in [0.5, 0.6) is 0 Å². The summed E-state index contributed by atoms with van der Waals surface area (Å²) in [6.45, 7) is -0.149. The molecule has 2 aromatic carbocycles. The molecular formula is C22H18ClFN4O2. The molecule has 2 heterocycles. The Bertz CT molecular complexity index is 1230. The van der Waals surface area contributed by atoms with E-state index in [1.165, 1.54) is 18.2 Å². The Balaban J connectivity index is 1.70. The third kappa shape index (κ3) is 3.02. The molecule has 1 fully saturated rings. The number of nitrogens with zero attached hydrogens (tertiary/aromatic N) is 3. The maximum Gasteiger partial charge on any atom is 0.278 e. The number of nitrogen functional groups attached to an aromatic ring is 1. The van der Waals surface area contributed by atoms with E-state index in [0.717, 1.165) is 24.0 Å². The van der Waals surface area contributed by atoms with Crippen LogP contribution in [0.15, 0.2) is 41.7 Å². The topological polar surface area (TPSA) is 93.5 Å². The van der Waals surface area contributed by atoms with Gasteiger partial charge in [-0.2, -0.15) is 5.10 Å². The summed E-state index contributed by atoms with van der Waals surface area (Å²) >= 11 is 6.26. The Morgan fingerprint density at radius 1 is 1.23 bits per heavy atom. The number of anilines is 1. The second-order valence-corrected chi connectivity index (χ2v) is 7.95. The second kappa shape index (κ2) is 7.04. The zero-order valence-corrected chi connectivity index (χ0v) is 16.7. The molecule has 0 spiro atoms. The summed E-state index contributed by atoms with van der Waals surface area (Å²) in [7, 11) is 0. The lowest BCUT2D eigenvalue weighted by Crippen LogP contribution is -2.11. The number of halogens is 2. The molecule has 2 aliphatic rings. The Hall–Kier alpha value is -3.03. The van der Waals surface area contributed by atoms with Crippen molar-refractivity contribution in [3.05, 3.63) is 69.8 Å². The smallest absolute Gasteiger partial charge is 0.278 e. The molecule has 1 aromatic heterocycles. The summed E-state index contributed by atoms with van der Waals surface area (Å²) in [5, 5.41) is 14.4. The summed E-state index contributed by atoms with van der Waals surface area (Å²) in [5.41, 5.74) is 10.2. The molecule has 0 atom stereocenters. The number of benzene rings is 2. The molecule has 0 unspecified atom stereocenters. The third-order valence-corrected chi connectivity index (χ3v) is 5.84. The fraction of sp³-hybridized carbons (Fsp3) is 0.227. The van der Waals surface area contributed by atoms with Crippen molar-refractivity contribution >= 4 is 28.9 Å². The summed E-state index contributed by atoms with van der Waals surface area (Å²) in [6.07, 6.45) is 6.12. The molecule has 3 N–H and O–H groups in total. The van der Waals surface area contributed by atoms with Crippen molar-refractivity contribution in [1.82, 2.24) is 9.78 Å². The van der Waals surface area contributed by atoms with E-state index >= 15 is 0 Å². The van der Waals surface area contributed by atoms with Crippen LogP contribution in [0.2, 0.25) is 5.02 Å². The van der Waals surface area contributed by atoms with Crippen LogP contribution in [0.1, 0.15) is 45.9 Å². The van der Waals surface area contributed by atoms with E-state index in [1.54, 1.807) is 12.3 Å². The van der Waals surface area contributed by atoms with E-state index in [1.807, 2.05) is 10.9 Å². The summed E-state index contributed by atoms with van der Waals surface area (Å²) < 4.78 is 15.8. The van der Waals surface area contributed by atoms with E-state index in [0.29, 0.717) is 34.0 Å². The van der Waals surface area contributed by atoms with Crippen molar-refractivity contribution in [2.45, 2.75) is 25.3 Å². The van der Waals surface area contributed by atoms with E-state index < -0.39 is 11.7 Å². The molecule has 30 heavy (non-hydrogen) atoms. The molecule has 0 saturated heterocycles. The molecule has 1 amide bonds. The van der Waals surface area contributed by atoms with Crippen LogP contribution in [0, 0.1) is 5.82 Å². The first-order valence-corrected chi connectivity index (χ1v) is 10.0. The van der Waals surface area contributed by atoms with Crippen LogP contribution in [0.4, 0.5) is 10.1 Å². The molecule has 3 aromatic rings. The molecule has 0 bridgehead atoms. The fourth-order valence-corrected chi connectivity index (χ4v) is 4.17. The molecule has 152 valence electrons. The average Bonchev–Trinajstić information content (AvgIpc) is 3.35. The molecule has 1 aliphatic carbocycles. The number of nitrogens with two attached hydrogens (primary N) is 1. The van der Waals surface area contributed by atoms with Crippen LogP contribution in [0.25, 0.3) is 11.1 Å². The molecule has 6 nitrogen and oxygen atoms in total. The highest BCUT2D eigenvalue weighted by molar-refractivity contribution is 6.39. The van der Waals surface area contributed by atoms with Crippen LogP contribution in [-0.2, 0) is 6.42 Å². The van der Waals surface area contributed by atoms with Gasteiger partial charge in [0.15, 0.2) is 0 Å². The van der Waals surface area contributed by atoms with Gasteiger partial charge in [0.25, 0.3) is 5.91 Å². The van der Waals surface area contributed by atoms with Crippen molar-refractivity contribution in [2.24, 2.45) is 4.99 Å². The SMILES string of the molecule is Nc1cc(-c2cnn(C3CC3)c2)c(CCO)c2c1C(c1cc(F)ccc1Cl)=NC2=O. The highest BCUT2D eigenvalue weighted by Crippen LogP contribution is 2.40. The van der Waals surface area contributed by atoms with Crippen molar-refractivity contribution in [3.63, 3.8) is 0 Å². The summed E-state index contributed by atoms with van der Waals surface area (Å²) in [6, 6.07) is 6.08. The Kier molecular flexibility index (Phi) is 4.45. The summed E-state index contributed by atoms with van der Waals surface area (Å²) in [4.78, 5) is 17.1. The maximum absolute atomic E-state index is 13.9. The molecular weight excluding hydrogens is 407 g/mol. The number of hydrogen-bond donors (Lipinski definition) is 2. The number of fused-ring (bicyclic) bond motifs is 1. The second-order valence-electron chi connectivity index (χ2n) is 7.55. The van der Waals surface area contributed by atoms with Gasteiger partial charge in [-0.3, -0.25) is 9.48 Å². The molecule has 0 radical (unpaired) electrons. The van der Waals surface area contributed by atoms with Crippen LogP contribution < -0.4 is 5.73 Å². The lowest BCUT2D eigenvalue weighted by atomic mass is 9.88. The minimum atomic E-state index is -0.490. The van der Waals surface area contributed by atoms with Crippen LogP contribution >= 0.6 is 11.6 Å². The van der Waals surface area contributed by atoms with Crippen LogP contribution in [0.3, 0.4) is 0 Å². The fourth-order valence-electron chi connectivity index (χ4n) is 3.97. The standard InChI is InChI=1S/C22H18ClFN4O2/c23-17-4-1-12(24)7-16(17)21-20-18(25)8-15(11-9-26-28(10-11)13-2-3-13)14(5-6-29)19(20)22(30)27-21/h1,4,7-10,13,29H,2-3,5-6,25H2. The van der Waals surface area contributed by atoms with Crippen molar-refractivity contribution in [3.8, 4) is 11.1 Å². The first kappa shape index (κ1) is 19.0. The van der Waals surface area contributed by atoms with Crippen molar-refractivity contribution in [2.75, 3.05) is 12.3 Å². The van der Waals surface area contributed by atoms with E-state index in [9.17, 15) is 14.3 Å². The van der Waals surface area contributed by atoms with E-state index in [2.05, 4.69) is 10.1 Å². The maximum atomic E-state index is 13.9. The minimum Gasteiger partial charge on any atom is -0.398 e. The predicted octanol–water partition coefficient (Wildman–Crippen LogP) is 3.79. The van der Waals surface area contributed by atoms with Crippen molar-refractivity contribution < 1.29 is 14.3 Å². The van der Waals surface area contributed by atoms with Gasteiger partial charge in [-0.15, -0.1) is 0 Å². The average molecular weight is 425 g/mol. The molecule has 1 aliphatic heterocycles. The molecule has 1 saturated carbocycles. The van der Waals surface area contributed by atoms with Crippen LogP contribution in [-0.4, -0.2) is 33.1 Å². The minimum absolute atomic E-state index is 0.149. The van der Waals surface area contributed by atoms with E-state index in [4.69, 9.17) is 17.3 Å². The monoisotopic (exact) mass is 424 g/mol. The van der Waals surface area contributed by atoms with Gasteiger partial charge in [-0.05, 0) is 54.7 Å². The molecule has 5 rings (SSSR count). The third-order valence-electron chi connectivity index (χ3n) is 5.51. The predicted molar refractivity (Wildman–Crippen MR) is 113 cm³/mol. The number of carbonyl (C=O) groups is 1. The van der Waals surface area contributed by atoms with Gasteiger partial charge in [0.1, 0.15) is 5.82 Å². The van der Waals surface area contributed by atoms with E-state index in [-0.39, 0.29) is 23.8 Å². The summed E-state index contributed by atoms with van der Waals surface area (Å²) in [5.74, 6) is -0.969. The van der Waals surface area contributed by atoms with Gasteiger partial charge in [-0.25, -0.2) is 9.38 Å². The first-order chi connectivity index (χ1) is 14.5. The van der Waals surface area contributed by atoms with Crippen molar-refractivity contribution in [1.29, 1.82) is 0 Å². The number of rotatable bonds is 5. The Morgan fingerprint density at radius 3 is 2.77 bits per heavy atom. The number of aliphatic imine (C=N–C) groups is 1. The normalized spacial score (nSPS) is 15.4. The number of hydrogen-bond acceptors (Lipinski definition) is 4. The molecule has 8 heteroatoms. The lowest BCUT2D eigenvalue weighted by molar-refractivity contribution is 0.101. The zero-order valence-electron chi connectivity index (χ0n) is 15.9. The number of carbonyl (C=O) groups excluding carboxylic acids is 1. The quantitative estimate of drug-likeness (QED) is 0.609. The highest BCUT2D eigenvalue weighted by atomic mass is 35.5. The number of amides is 1. The zero-order chi connectivity index (χ0) is 21.0. The van der Waals surface area contributed by atoms with Gasteiger partial charge in [0.05, 0.1) is 28.5 Å². The van der Waals surface area contributed by atoms with Gasteiger partial charge >= 0.3 is 0 Å². The Morgan fingerprint density at radius 2 is 2.03 bits per heavy atom. The van der Waals surface area contributed by atoms with Gasteiger partial charge in [0, 0.05) is 35.2 Å². The number of aliphatic hydroxyl groups excluding tert-OH is 1. The lowest BCUT2D eigenvalue weighted by Gasteiger charge is -2.16. The number of aliphatic hydroxyl groups is 1. The highest BCUT2D eigenvalue weighted by Gasteiger charge is 2.33. The van der Waals surface area contributed by atoms with Gasteiger partial charge in [0.2, 0.25) is 0 Å². The van der Waals surface area contributed by atoms with Gasteiger partial charge in [-0.1, -0.05) is 11.6 Å². The first-order valence-electron chi connectivity index (χ1n) is 9.67. The largest absolute Gasteiger partial charge is 0.398 e. The number of aromatic nitrogens is 2.